The molecule has 3 rings (SSSR count). The number of halogens is 3. The van der Waals surface area contributed by atoms with E-state index in [2.05, 4.69) is 10.4 Å². The average molecular weight is 353 g/mol. The summed E-state index contributed by atoms with van der Waals surface area (Å²) < 4.78 is 34.8. The molecule has 1 heterocycles. The molecule has 0 fully saturated rings. The lowest BCUT2D eigenvalue weighted by atomic mass is 10.2. The number of benzene rings is 2. The van der Waals surface area contributed by atoms with Crippen LogP contribution in [0.5, 0.6) is 5.75 Å². The van der Waals surface area contributed by atoms with Crippen molar-refractivity contribution >= 4 is 11.6 Å². The smallest absolute Gasteiger partial charge is 0.368 e. The highest BCUT2D eigenvalue weighted by Crippen LogP contribution is 2.27. The fourth-order valence-electron chi connectivity index (χ4n) is 2.09. The first-order valence-corrected chi connectivity index (χ1v) is 7.20. The Kier molecular flexibility index (Phi) is 4.30. The lowest BCUT2D eigenvalue weighted by Gasteiger charge is -2.12. The molecule has 0 atom stereocenters. The summed E-state index contributed by atoms with van der Waals surface area (Å²) >= 11 is 5.92. The Morgan fingerprint density at radius 3 is 2.71 bits per heavy atom. The summed E-state index contributed by atoms with van der Waals surface area (Å²) in [6.45, 7) is -0.270. The molecule has 0 radical (unpaired) electrons. The zero-order chi connectivity index (χ0) is 17.3. The maximum absolute atomic E-state index is 14.2. The van der Waals surface area contributed by atoms with Crippen molar-refractivity contribution < 1.29 is 13.5 Å². The fraction of sp³-hybridized carbons (Fsp3) is 0.133. The van der Waals surface area contributed by atoms with Crippen molar-refractivity contribution in [3.05, 3.63) is 69.1 Å². The van der Waals surface area contributed by atoms with E-state index in [-0.39, 0.29) is 28.6 Å². The molecule has 0 aliphatic rings. The molecular weight excluding hydrogens is 342 g/mol. The van der Waals surface area contributed by atoms with Crippen LogP contribution in [0.3, 0.4) is 0 Å². The van der Waals surface area contributed by atoms with E-state index in [1.165, 1.54) is 37.4 Å². The van der Waals surface area contributed by atoms with Gasteiger partial charge in [-0.05, 0) is 34.7 Å². The fourth-order valence-corrected chi connectivity index (χ4v) is 2.26. The Morgan fingerprint density at radius 1 is 1.21 bits per heavy atom. The van der Waals surface area contributed by atoms with E-state index in [4.69, 9.17) is 16.3 Å². The molecule has 0 bridgehead atoms. The molecule has 2 aromatic carbocycles. The van der Waals surface area contributed by atoms with Gasteiger partial charge in [0, 0.05) is 13.1 Å². The number of hydrogen-bond donors (Lipinski definition) is 0. The van der Waals surface area contributed by atoms with E-state index < -0.39 is 17.3 Å². The molecule has 0 unspecified atom stereocenters. The van der Waals surface area contributed by atoms with Crippen LogP contribution in [0.15, 0.2) is 41.2 Å². The van der Waals surface area contributed by atoms with Gasteiger partial charge in [-0.3, -0.25) is 0 Å². The van der Waals surface area contributed by atoms with Crippen LogP contribution in [0.1, 0.15) is 5.56 Å². The second kappa shape index (κ2) is 6.40. The summed E-state index contributed by atoms with van der Waals surface area (Å²) in [5, 5.41) is 7.46. The quantitative estimate of drug-likeness (QED) is 0.723. The normalized spacial score (nSPS) is 10.8. The second-order valence-corrected chi connectivity index (χ2v) is 5.31. The number of rotatable bonds is 4. The molecule has 0 N–H and O–H groups in total. The average Bonchev–Trinajstić information content (AvgIpc) is 2.88. The molecule has 0 saturated heterocycles. The van der Waals surface area contributed by atoms with Gasteiger partial charge >= 0.3 is 5.69 Å². The molecule has 0 saturated carbocycles. The van der Waals surface area contributed by atoms with Gasteiger partial charge < -0.3 is 4.74 Å². The van der Waals surface area contributed by atoms with Gasteiger partial charge in [0.1, 0.15) is 24.0 Å². The minimum atomic E-state index is -0.599. The van der Waals surface area contributed by atoms with Crippen LogP contribution in [0.2, 0.25) is 5.02 Å². The van der Waals surface area contributed by atoms with Gasteiger partial charge in [-0.1, -0.05) is 17.7 Å². The van der Waals surface area contributed by atoms with Gasteiger partial charge in [0.15, 0.2) is 0 Å². The standard InChI is InChI=1S/C15H11ClF2N4O2/c1-21-15(23)22(20-19-21)13-4-2-3-12(18)10(13)8-24-14-7-9(17)5-6-11(14)16/h2-7H,8H2,1H3. The van der Waals surface area contributed by atoms with Crippen molar-refractivity contribution in [1.29, 1.82) is 0 Å². The predicted molar refractivity (Wildman–Crippen MR) is 82.3 cm³/mol. The van der Waals surface area contributed by atoms with Crippen LogP contribution in [0.4, 0.5) is 8.78 Å². The number of tetrazole rings is 1. The molecule has 0 aliphatic heterocycles. The van der Waals surface area contributed by atoms with Crippen LogP contribution in [0.25, 0.3) is 5.69 Å². The van der Waals surface area contributed by atoms with E-state index in [1.807, 2.05) is 0 Å². The van der Waals surface area contributed by atoms with Crippen LogP contribution < -0.4 is 10.4 Å². The first-order chi connectivity index (χ1) is 11.5. The lowest BCUT2D eigenvalue weighted by Crippen LogP contribution is -2.23. The lowest BCUT2D eigenvalue weighted by molar-refractivity contribution is 0.298. The van der Waals surface area contributed by atoms with Gasteiger partial charge in [-0.2, -0.15) is 9.36 Å². The minimum Gasteiger partial charge on any atom is -0.487 e. The van der Waals surface area contributed by atoms with Crippen molar-refractivity contribution in [1.82, 2.24) is 19.8 Å². The number of hydrogen-bond acceptors (Lipinski definition) is 4. The summed E-state index contributed by atoms with van der Waals surface area (Å²) in [6, 6.07) is 7.77. The molecule has 124 valence electrons. The first-order valence-electron chi connectivity index (χ1n) is 6.82. The van der Waals surface area contributed by atoms with Gasteiger partial charge in [-0.15, -0.1) is 0 Å². The van der Waals surface area contributed by atoms with Gasteiger partial charge in [0.05, 0.1) is 16.3 Å². The summed E-state index contributed by atoms with van der Waals surface area (Å²) in [6.07, 6.45) is 0. The monoisotopic (exact) mass is 352 g/mol. The Morgan fingerprint density at radius 2 is 2.00 bits per heavy atom. The van der Waals surface area contributed by atoms with Crippen molar-refractivity contribution in [3.8, 4) is 11.4 Å². The van der Waals surface area contributed by atoms with E-state index >= 15 is 0 Å². The second-order valence-electron chi connectivity index (χ2n) is 4.90. The van der Waals surface area contributed by atoms with Crippen molar-refractivity contribution in [2.75, 3.05) is 0 Å². The van der Waals surface area contributed by atoms with Crippen LogP contribution >= 0.6 is 11.6 Å². The van der Waals surface area contributed by atoms with Gasteiger partial charge in [-0.25, -0.2) is 13.6 Å². The topological polar surface area (TPSA) is 61.9 Å². The van der Waals surface area contributed by atoms with Gasteiger partial charge in [0.25, 0.3) is 0 Å². The predicted octanol–water partition coefficient (Wildman–Crippen LogP) is 2.48. The number of aryl methyl sites for hydroxylation is 1. The third-order valence-corrected chi connectivity index (χ3v) is 3.62. The first kappa shape index (κ1) is 16.1. The van der Waals surface area contributed by atoms with Gasteiger partial charge in [0.2, 0.25) is 0 Å². The molecule has 9 heteroatoms. The Labute approximate surface area is 139 Å². The summed E-state index contributed by atoms with van der Waals surface area (Å²) in [4.78, 5) is 12.0. The molecule has 0 aliphatic carbocycles. The Bertz CT molecular complexity index is 955. The zero-order valence-electron chi connectivity index (χ0n) is 12.4. The Hall–Kier alpha value is -2.74. The highest BCUT2D eigenvalue weighted by atomic mass is 35.5. The van der Waals surface area contributed by atoms with Crippen LogP contribution in [-0.4, -0.2) is 19.8 Å². The molecule has 3 aromatic rings. The summed E-state index contributed by atoms with van der Waals surface area (Å²) in [7, 11) is 1.42. The molecule has 24 heavy (non-hydrogen) atoms. The van der Waals surface area contributed by atoms with Crippen molar-refractivity contribution in [2.45, 2.75) is 6.61 Å². The molecule has 6 nitrogen and oxygen atoms in total. The summed E-state index contributed by atoms with van der Waals surface area (Å²) in [5.74, 6) is -1.07. The highest BCUT2D eigenvalue weighted by Gasteiger charge is 2.16. The maximum Gasteiger partial charge on any atom is 0.368 e. The SMILES string of the molecule is Cn1nnn(-c2cccc(F)c2COc2cc(F)ccc2Cl)c1=O. The molecule has 1 aromatic heterocycles. The third-order valence-electron chi connectivity index (χ3n) is 3.31. The highest BCUT2D eigenvalue weighted by molar-refractivity contribution is 6.32. The van der Waals surface area contributed by atoms with Crippen LogP contribution in [0, 0.1) is 11.6 Å². The molecule has 0 spiro atoms. The van der Waals surface area contributed by atoms with E-state index in [0.29, 0.717) is 0 Å². The van der Waals surface area contributed by atoms with E-state index in [1.54, 1.807) is 0 Å². The minimum absolute atomic E-state index is 0.0670. The number of ether oxygens (including phenoxy) is 1. The number of aromatic nitrogens is 4. The van der Waals surface area contributed by atoms with E-state index in [9.17, 15) is 13.6 Å². The van der Waals surface area contributed by atoms with Crippen LogP contribution in [-0.2, 0) is 13.7 Å². The molecule has 0 amide bonds. The Balaban J connectivity index is 1.98. The van der Waals surface area contributed by atoms with Crippen molar-refractivity contribution in [3.63, 3.8) is 0 Å². The zero-order valence-corrected chi connectivity index (χ0v) is 13.2. The number of nitrogens with zero attached hydrogens (tertiary/aromatic N) is 4. The third kappa shape index (κ3) is 3.00. The summed E-state index contributed by atoms with van der Waals surface area (Å²) in [5.41, 5.74) is -0.285. The maximum atomic E-state index is 14.2. The molecular formula is C15H11ClF2N4O2. The van der Waals surface area contributed by atoms with Crippen molar-refractivity contribution in [2.24, 2.45) is 7.05 Å². The van der Waals surface area contributed by atoms with E-state index in [0.717, 1.165) is 15.4 Å². The largest absolute Gasteiger partial charge is 0.487 e.